The zero-order chi connectivity index (χ0) is 19.5. The molecule has 2 amide bonds. The summed E-state index contributed by atoms with van der Waals surface area (Å²) in [5, 5.41) is 0. The van der Waals surface area contributed by atoms with Gasteiger partial charge in [0.1, 0.15) is 5.75 Å². The van der Waals surface area contributed by atoms with Crippen LogP contribution >= 0.6 is 23.5 Å². The van der Waals surface area contributed by atoms with Gasteiger partial charge in [-0.2, -0.15) is 0 Å². The summed E-state index contributed by atoms with van der Waals surface area (Å²) in [6.45, 7) is -0.716. The van der Waals surface area contributed by atoms with Crippen molar-refractivity contribution in [2.24, 2.45) is 0 Å². The van der Waals surface area contributed by atoms with E-state index in [4.69, 9.17) is 9.47 Å². The Morgan fingerprint density at radius 3 is 2.25 bits per heavy atom. The number of amides is 2. The molecule has 1 fully saturated rings. The first-order chi connectivity index (χ1) is 13.6. The Morgan fingerprint density at radius 1 is 0.964 bits per heavy atom. The quantitative estimate of drug-likeness (QED) is 0.529. The molecule has 4 rings (SSSR count). The highest BCUT2D eigenvalue weighted by molar-refractivity contribution is 8.19. The molecule has 0 spiro atoms. The van der Waals surface area contributed by atoms with E-state index >= 15 is 0 Å². The van der Waals surface area contributed by atoms with Gasteiger partial charge >= 0.3 is 5.97 Å². The Kier molecular flexibility index (Phi) is 5.59. The van der Waals surface area contributed by atoms with Crippen LogP contribution in [0.3, 0.4) is 0 Å². The van der Waals surface area contributed by atoms with Crippen molar-refractivity contribution in [2.45, 2.75) is 4.58 Å². The van der Waals surface area contributed by atoms with Crippen LogP contribution in [0.2, 0.25) is 0 Å². The molecule has 2 aromatic rings. The molecule has 0 aromatic heterocycles. The summed E-state index contributed by atoms with van der Waals surface area (Å²) in [6.07, 6.45) is 0. The number of benzene rings is 2. The van der Waals surface area contributed by atoms with Crippen LogP contribution in [0.1, 0.15) is 30.9 Å². The van der Waals surface area contributed by atoms with E-state index in [1.807, 2.05) is 47.8 Å². The first-order valence-electron chi connectivity index (χ1n) is 8.71. The summed E-state index contributed by atoms with van der Waals surface area (Å²) in [5.74, 6) is 1.26. The standard InChI is InChI=1S/C20H17NO5S2/c22-17(11-25-16-8-4-3-7-15(16)20-27-9-10-28-20)26-12-21-18(23)13-5-1-2-6-14(13)19(21)24/h1-8,20H,9-12H2. The fraction of sp³-hybridized carbons (Fsp3) is 0.250. The number of fused-ring (bicyclic) bond motifs is 1. The number of para-hydroxylation sites is 1. The summed E-state index contributed by atoms with van der Waals surface area (Å²) in [6, 6.07) is 14.2. The Morgan fingerprint density at radius 2 is 1.57 bits per heavy atom. The van der Waals surface area contributed by atoms with Crippen LogP contribution in [0, 0.1) is 0 Å². The van der Waals surface area contributed by atoms with Crippen molar-refractivity contribution in [1.29, 1.82) is 0 Å². The zero-order valence-electron chi connectivity index (χ0n) is 14.8. The number of thioether (sulfide) groups is 2. The molecule has 28 heavy (non-hydrogen) atoms. The highest BCUT2D eigenvalue weighted by atomic mass is 32.2. The second-order valence-electron chi connectivity index (χ2n) is 6.13. The maximum absolute atomic E-state index is 12.3. The SMILES string of the molecule is O=C(COc1ccccc1C1SCCS1)OCN1C(=O)c2ccccc2C1=O. The van der Waals surface area contributed by atoms with Crippen LogP contribution in [0.15, 0.2) is 48.5 Å². The van der Waals surface area contributed by atoms with E-state index in [9.17, 15) is 14.4 Å². The van der Waals surface area contributed by atoms with E-state index in [0.29, 0.717) is 21.5 Å². The molecule has 0 radical (unpaired) electrons. The second kappa shape index (κ2) is 8.28. The molecular weight excluding hydrogens is 398 g/mol. The first kappa shape index (κ1) is 18.9. The number of carbonyl (C=O) groups is 3. The number of hydrogen-bond acceptors (Lipinski definition) is 7. The summed E-state index contributed by atoms with van der Waals surface area (Å²) in [5.41, 5.74) is 1.68. The Hall–Kier alpha value is -2.45. The summed E-state index contributed by atoms with van der Waals surface area (Å²) in [4.78, 5) is 37.5. The zero-order valence-corrected chi connectivity index (χ0v) is 16.5. The molecule has 0 aliphatic carbocycles. The lowest BCUT2D eigenvalue weighted by Crippen LogP contribution is -2.34. The molecule has 1 saturated heterocycles. The fourth-order valence-corrected chi connectivity index (χ4v) is 5.92. The van der Waals surface area contributed by atoms with Gasteiger partial charge in [0.2, 0.25) is 0 Å². The van der Waals surface area contributed by atoms with Gasteiger partial charge in [-0.15, -0.1) is 23.5 Å². The minimum atomic E-state index is -0.641. The average molecular weight is 415 g/mol. The number of esters is 1. The fourth-order valence-electron chi connectivity index (χ4n) is 3.02. The molecule has 2 aromatic carbocycles. The monoisotopic (exact) mass is 415 g/mol. The third-order valence-corrected chi connectivity index (χ3v) is 7.44. The van der Waals surface area contributed by atoms with Crippen molar-refractivity contribution in [3.63, 3.8) is 0 Å². The predicted octanol–water partition coefficient (Wildman–Crippen LogP) is 3.34. The van der Waals surface area contributed by atoms with Gasteiger partial charge in [0.05, 0.1) is 15.7 Å². The van der Waals surface area contributed by atoms with Crippen molar-refractivity contribution in [1.82, 2.24) is 4.90 Å². The smallest absolute Gasteiger partial charge is 0.345 e. The second-order valence-corrected chi connectivity index (χ2v) is 8.85. The van der Waals surface area contributed by atoms with E-state index in [0.717, 1.165) is 22.0 Å². The van der Waals surface area contributed by atoms with Gasteiger partial charge in [0.15, 0.2) is 13.3 Å². The molecule has 0 bridgehead atoms. The minimum Gasteiger partial charge on any atom is -0.482 e. The van der Waals surface area contributed by atoms with E-state index in [1.54, 1.807) is 24.3 Å². The maximum Gasteiger partial charge on any atom is 0.345 e. The Balaban J connectivity index is 1.33. The molecule has 0 N–H and O–H groups in total. The summed E-state index contributed by atoms with van der Waals surface area (Å²) >= 11 is 3.70. The van der Waals surface area contributed by atoms with Crippen molar-refractivity contribution >= 4 is 41.3 Å². The van der Waals surface area contributed by atoms with Crippen LogP contribution in [-0.2, 0) is 9.53 Å². The van der Waals surface area contributed by atoms with Crippen LogP contribution in [0.25, 0.3) is 0 Å². The van der Waals surface area contributed by atoms with Crippen molar-refractivity contribution < 1.29 is 23.9 Å². The number of rotatable bonds is 6. The highest BCUT2D eigenvalue weighted by Crippen LogP contribution is 2.48. The van der Waals surface area contributed by atoms with E-state index in [2.05, 4.69) is 0 Å². The molecule has 8 heteroatoms. The van der Waals surface area contributed by atoms with Crippen LogP contribution in [0.5, 0.6) is 5.75 Å². The van der Waals surface area contributed by atoms with Gasteiger partial charge in [0, 0.05) is 17.1 Å². The topological polar surface area (TPSA) is 72.9 Å². The van der Waals surface area contributed by atoms with Crippen molar-refractivity contribution in [3.05, 3.63) is 65.2 Å². The molecule has 0 atom stereocenters. The lowest BCUT2D eigenvalue weighted by molar-refractivity contribution is -0.148. The summed E-state index contributed by atoms with van der Waals surface area (Å²) in [7, 11) is 0. The van der Waals surface area contributed by atoms with Gasteiger partial charge in [0.25, 0.3) is 11.8 Å². The first-order valence-corrected chi connectivity index (χ1v) is 10.8. The average Bonchev–Trinajstić information content (AvgIpc) is 3.34. The van der Waals surface area contributed by atoms with Crippen LogP contribution in [-0.4, -0.2) is 47.5 Å². The molecule has 144 valence electrons. The van der Waals surface area contributed by atoms with E-state index in [1.165, 1.54) is 0 Å². The maximum atomic E-state index is 12.3. The third-order valence-electron chi connectivity index (χ3n) is 4.37. The van der Waals surface area contributed by atoms with Crippen LogP contribution < -0.4 is 4.74 Å². The number of ether oxygens (including phenoxy) is 2. The highest BCUT2D eigenvalue weighted by Gasteiger charge is 2.35. The van der Waals surface area contributed by atoms with E-state index in [-0.39, 0.29) is 6.61 Å². The van der Waals surface area contributed by atoms with E-state index < -0.39 is 24.5 Å². The lowest BCUT2D eigenvalue weighted by Gasteiger charge is -2.16. The van der Waals surface area contributed by atoms with Gasteiger partial charge < -0.3 is 9.47 Å². The normalized spacial score (nSPS) is 16.4. The van der Waals surface area contributed by atoms with Gasteiger partial charge in [-0.1, -0.05) is 30.3 Å². The predicted molar refractivity (Wildman–Crippen MR) is 107 cm³/mol. The van der Waals surface area contributed by atoms with Crippen LogP contribution in [0.4, 0.5) is 0 Å². The molecule has 0 saturated carbocycles. The third kappa shape index (κ3) is 3.74. The molecular formula is C20H17NO5S2. The van der Waals surface area contributed by atoms with Gasteiger partial charge in [-0.25, -0.2) is 9.69 Å². The number of hydrogen-bond donors (Lipinski definition) is 0. The van der Waals surface area contributed by atoms with Crippen molar-refractivity contribution in [2.75, 3.05) is 24.8 Å². The largest absolute Gasteiger partial charge is 0.482 e. The summed E-state index contributed by atoms with van der Waals surface area (Å²) < 4.78 is 11.0. The van der Waals surface area contributed by atoms with Crippen molar-refractivity contribution in [3.8, 4) is 5.75 Å². The molecule has 0 unspecified atom stereocenters. The molecule has 6 nitrogen and oxygen atoms in total. The van der Waals surface area contributed by atoms with Gasteiger partial charge in [-0.3, -0.25) is 9.59 Å². The van der Waals surface area contributed by atoms with Gasteiger partial charge in [-0.05, 0) is 18.2 Å². The number of imide groups is 1. The molecule has 2 aliphatic rings. The Labute approximate surface area is 170 Å². The number of carbonyl (C=O) groups excluding carboxylic acids is 3. The minimum absolute atomic E-state index is 0.289. The lowest BCUT2D eigenvalue weighted by atomic mass is 10.1. The Bertz CT molecular complexity index is 891. The molecule has 2 aliphatic heterocycles. The molecule has 2 heterocycles. The number of nitrogens with zero attached hydrogens (tertiary/aromatic N) is 1.